The van der Waals surface area contributed by atoms with Crippen LogP contribution < -0.4 is 11.1 Å². The minimum absolute atomic E-state index is 0.266. The molecule has 7 heteroatoms. The summed E-state index contributed by atoms with van der Waals surface area (Å²) in [6, 6.07) is 3.51. The zero-order chi connectivity index (χ0) is 19.6. The molecule has 0 spiro atoms. The number of hydrogen-bond acceptors (Lipinski definition) is 4. The van der Waals surface area contributed by atoms with Gasteiger partial charge in [-0.15, -0.1) is 0 Å². The highest BCUT2D eigenvalue weighted by Gasteiger charge is 2.27. The van der Waals surface area contributed by atoms with Crippen LogP contribution in [-0.4, -0.2) is 33.7 Å². The molecular weight excluding hydrogens is 346 g/mol. The third-order valence-corrected chi connectivity index (χ3v) is 5.42. The SMILES string of the molecule is Cc1c(C(=O)C(N)=O)c2c(NCC(=O)O)cccn2c1CC1CCCCC1. The van der Waals surface area contributed by atoms with E-state index < -0.39 is 17.7 Å². The van der Waals surface area contributed by atoms with Crippen LogP contribution >= 0.6 is 0 Å². The third-order valence-electron chi connectivity index (χ3n) is 5.42. The summed E-state index contributed by atoms with van der Waals surface area (Å²) in [4.78, 5) is 35.1. The average Bonchev–Trinajstić information content (AvgIpc) is 2.92. The van der Waals surface area contributed by atoms with Crippen molar-refractivity contribution in [1.82, 2.24) is 4.40 Å². The molecule has 1 aliphatic carbocycles. The largest absolute Gasteiger partial charge is 0.480 e. The number of primary amides is 1. The number of Topliss-reactive ketones (excluding diaryl/α,β-unsaturated/α-hetero) is 1. The molecule has 0 aromatic carbocycles. The maximum absolute atomic E-state index is 12.5. The van der Waals surface area contributed by atoms with E-state index >= 15 is 0 Å². The minimum atomic E-state index is -1.01. The fraction of sp³-hybridized carbons (Fsp3) is 0.450. The molecule has 2 heterocycles. The Labute approximate surface area is 157 Å². The van der Waals surface area contributed by atoms with Crippen molar-refractivity contribution in [2.75, 3.05) is 11.9 Å². The Morgan fingerprint density at radius 1 is 1.26 bits per heavy atom. The predicted molar refractivity (Wildman–Crippen MR) is 102 cm³/mol. The van der Waals surface area contributed by atoms with Crippen LogP contribution in [0.5, 0.6) is 0 Å². The van der Waals surface area contributed by atoms with Gasteiger partial charge in [0, 0.05) is 11.9 Å². The highest BCUT2D eigenvalue weighted by Crippen LogP contribution is 2.34. The number of aliphatic carboxylic acids is 1. The van der Waals surface area contributed by atoms with Crippen molar-refractivity contribution in [3.63, 3.8) is 0 Å². The Hall–Kier alpha value is -2.83. The number of fused-ring (bicyclic) bond motifs is 1. The van der Waals surface area contributed by atoms with E-state index in [0.29, 0.717) is 17.1 Å². The minimum Gasteiger partial charge on any atom is -0.480 e. The van der Waals surface area contributed by atoms with Gasteiger partial charge in [0.25, 0.3) is 11.7 Å². The number of amides is 1. The number of carbonyl (C=O) groups is 3. The van der Waals surface area contributed by atoms with Crippen molar-refractivity contribution in [2.24, 2.45) is 11.7 Å². The van der Waals surface area contributed by atoms with E-state index in [1.807, 2.05) is 17.5 Å². The van der Waals surface area contributed by atoms with E-state index in [2.05, 4.69) is 5.32 Å². The van der Waals surface area contributed by atoms with Gasteiger partial charge in [-0.2, -0.15) is 0 Å². The fourth-order valence-electron chi connectivity index (χ4n) is 4.12. The second-order valence-corrected chi connectivity index (χ2v) is 7.24. The summed E-state index contributed by atoms with van der Waals surface area (Å²) in [7, 11) is 0. The van der Waals surface area contributed by atoms with Crippen molar-refractivity contribution in [3.05, 3.63) is 35.2 Å². The zero-order valence-electron chi connectivity index (χ0n) is 15.5. The molecule has 1 aliphatic rings. The van der Waals surface area contributed by atoms with Gasteiger partial charge in [0.1, 0.15) is 6.54 Å². The smallest absolute Gasteiger partial charge is 0.322 e. The molecule has 1 amide bonds. The molecule has 0 saturated heterocycles. The van der Waals surface area contributed by atoms with E-state index in [9.17, 15) is 14.4 Å². The maximum Gasteiger partial charge on any atom is 0.322 e. The summed E-state index contributed by atoms with van der Waals surface area (Å²) >= 11 is 0. The van der Waals surface area contributed by atoms with Crippen LogP contribution in [0.15, 0.2) is 18.3 Å². The van der Waals surface area contributed by atoms with Gasteiger partial charge in [-0.1, -0.05) is 32.1 Å². The first kappa shape index (κ1) is 18.9. The summed E-state index contributed by atoms with van der Waals surface area (Å²) < 4.78 is 1.91. The second-order valence-electron chi connectivity index (χ2n) is 7.24. The van der Waals surface area contributed by atoms with E-state index in [0.717, 1.165) is 30.5 Å². The molecule has 2 aromatic heterocycles. The van der Waals surface area contributed by atoms with Crippen molar-refractivity contribution in [2.45, 2.75) is 45.4 Å². The molecular formula is C20H25N3O4. The number of nitrogens with zero attached hydrogens (tertiary/aromatic N) is 1. The van der Waals surface area contributed by atoms with E-state index in [-0.39, 0.29) is 12.1 Å². The van der Waals surface area contributed by atoms with Gasteiger partial charge < -0.3 is 20.6 Å². The van der Waals surface area contributed by atoms with Crippen LogP contribution in [0.1, 0.15) is 53.7 Å². The van der Waals surface area contributed by atoms with Gasteiger partial charge >= 0.3 is 5.97 Å². The maximum atomic E-state index is 12.5. The number of hydrogen-bond donors (Lipinski definition) is 3. The number of ketones is 1. The number of carbonyl (C=O) groups excluding carboxylic acids is 2. The van der Waals surface area contributed by atoms with E-state index in [1.165, 1.54) is 19.3 Å². The first-order valence-electron chi connectivity index (χ1n) is 9.32. The quantitative estimate of drug-likeness (QED) is 0.511. The first-order valence-corrected chi connectivity index (χ1v) is 9.32. The van der Waals surface area contributed by atoms with Crippen molar-refractivity contribution >= 4 is 28.9 Å². The third kappa shape index (κ3) is 3.82. The summed E-state index contributed by atoms with van der Waals surface area (Å²) in [5.74, 6) is -2.22. The second kappa shape index (κ2) is 7.82. The van der Waals surface area contributed by atoms with Gasteiger partial charge in [0.15, 0.2) is 0 Å². The highest BCUT2D eigenvalue weighted by molar-refractivity contribution is 6.44. The summed E-state index contributed by atoms with van der Waals surface area (Å²) in [5.41, 5.74) is 8.30. The van der Waals surface area contributed by atoms with E-state index in [4.69, 9.17) is 10.8 Å². The molecule has 2 aromatic rings. The van der Waals surface area contributed by atoms with Crippen LogP contribution in [0.2, 0.25) is 0 Å². The standard InChI is InChI=1S/C20H25N3O4/c1-12-15(10-13-6-3-2-4-7-13)23-9-5-8-14(22-11-16(24)25)18(23)17(12)19(26)20(21)27/h5,8-9,13,22H,2-4,6-7,10-11H2,1H3,(H2,21,27)(H,24,25). The van der Waals surface area contributed by atoms with Gasteiger partial charge in [-0.25, -0.2) is 0 Å². The Bertz CT molecular complexity index is 894. The zero-order valence-corrected chi connectivity index (χ0v) is 15.5. The normalized spacial score (nSPS) is 15.0. The van der Waals surface area contributed by atoms with Gasteiger partial charge in [0.2, 0.25) is 0 Å². The molecule has 27 heavy (non-hydrogen) atoms. The van der Waals surface area contributed by atoms with Gasteiger partial charge in [-0.05, 0) is 37.0 Å². The lowest BCUT2D eigenvalue weighted by atomic mass is 9.85. The number of nitrogens with two attached hydrogens (primary N) is 1. The van der Waals surface area contributed by atoms with Crippen LogP contribution in [0, 0.1) is 12.8 Å². The molecule has 144 valence electrons. The first-order chi connectivity index (χ1) is 12.9. The molecule has 1 fully saturated rings. The summed E-state index contributed by atoms with van der Waals surface area (Å²) in [6.07, 6.45) is 8.67. The van der Waals surface area contributed by atoms with Crippen LogP contribution in [0.3, 0.4) is 0 Å². The molecule has 7 nitrogen and oxygen atoms in total. The Morgan fingerprint density at radius 3 is 2.59 bits per heavy atom. The fourth-order valence-corrected chi connectivity index (χ4v) is 4.12. The van der Waals surface area contributed by atoms with Crippen molar-refractivity contribution < 1.29 is 19.5 Å². The van der Waals surface area contributed by atoms with Crippen LogP contribution in [0.4, 0.5) is 5.69 Å². The molecule has 0 radical (unpaired) electrons. The molecule has 0 bridgehead atoms. The average molecular weight is 371 g/mol. The predicted octanol–water partition coefficient (Wildman–Crippen LogP) is 2.54. The Balaban J connectivity index is 2.13. The van der Waals surface area contributed by atoms with Crippen molar-refractivity contribution in [1.29, 1.82) is 0 Å². The molecule has 0 unspecified atom stereocenters. The number of pyridine rings is 1. The number of carboxylic acid groups (broad SMARTS) is 1. The van der Waals surface area contributed by atoms with E-state index in [1.54, 1.807) is 12.1 Å². The Morgan fingerprint density at radius 2 is 1.96 bits per heavy atom. The Kier molecular flexibility index (Phi) is 5.48. The summed E-state index contributed by atoms with van der Waals surface area (Å²) in [5, 5.41) is 11.8. The van der Waals surface area contributed by atoms with Crippen LogP contribution in [-0.2, 0) is 16.0 Å². The number of anilines is 1. The number of rotatable bonds is 7. The number of aromatic nitrogens is 1. The number of carboxylic acids is 1. The van der Waals surface area contributed by atoms with Gasteiger partial charge in [-0.3, -0.25) is 14.4 Å². The topological polar surface area (TPSA) is 114 Å². The van der Waals surface area contributed by atoms with Crippen molar-refractivity contribution in [3.8, 4) is 0 Å². The number of nitrogens with one attached hydrogen (secondary N) is 1. The lowest BCUT2D eigenvalue weighted by molar-refractivity contribution is -0.134. The highest BCUT2D eigenvalue weighted by atomic mass is 16.4. The molecule has 4 N–H and O–H groups in total. The monoisotopic (exact) mass is 371 g/mol. The molecule has 1 saturated carbocycles. The lowest BCUT2D eigenvalue weighted by Crippen LogP contribution is -2.24. The molecule has 0 aliphatic heterocycles. The summed E-state index contributed by atoms with van der Waals surface area (Å²) in [6.45, 7) is 1.55. The molecule has 3 rings (SSSR count). The lowest BCUT2D eigenvalue weighted by Gasteiger charge is -2.22. The van der Waals surface area contributed by atoms with Crippen LogP contribution in [0.25, 0.3) is 5.52 Å². The van der Waals surface area contributed by atoms with Gasteiger partial charge in [0.05, 0.1) is 16.8 Å². The molecule has 0 atom stereocenters.